The molecule has 0 radical (unpaired) electrons. The Labute approximate surface area is 144 Å². The van der Waals surface area contributed by atoms with Crippen molar-refractivity contribution in [3.63, 3.8) is 0 Å². The van der Waals surface area contributed by atoms with Crippen LogP contribution in [0.25, 0.3) is 0 Å². The SMILES string of the molecule is Cc1cc(C)c(C(C)C)c(C)c1.Cc1cc(C)cc(C(C)C)c1. The lowest BCUT2D eigenvalue weighted by atomic mass is 9.92. The van der Waals surface area contributed by atoms with E-state index in [0.717, 1.165) is 0 Å². The molecule has 0 fully saturated rings. The minimum Gasteiger partial charge on any atom is -0.0587 e. The Morgan fingerprint density at radius 3 is 1.26 bits per heavy atom. The van der Waals surface area contributed by atoms with Crippen LogP contribution in [0.15, 0.2) is 30.3 Å². The van der Waals surface area contributed by atoms with E-state index in [9.17, 15) is 0 Å². The van der Waals surface area contributed by atoms with Gasteiger partial charge in [0.25, 0.3) is 0 Å². The van der Waals surface area contributed by atoms with Crippen molar-refractivity contribution >= 4 is 0 Å². The van der Waals surface area contributed by atoms with E-state index in [-0.39, 0.29) is 0 Å². The van der Waals surface area contributed by atoms with E-state index in [1.54, 1.807) is 0 Å². The maximum Gasteiger partial charge on any atom is -0.0214 e. The van der Waals surface area contributed by atoms with Crippen molar-refractivity contribution in [3.05, 3.63) is 69.3 Å². The van der Waals surface area contributed by atoms with E-state index in [0.29, 0.717) is 11.8 Å². The van der Waals surface area contributed by atoms with Crippen LogP contribution in [0.4, 0.5) is 0 Å². The molecule has 0 amide bonds. The third-order valence-corrected chi connectivity index (χ3v) is 4.23. The summed E-state index contributed by atoms with van der Waals surface area (Å²) in [5.74, 6) is 1.29. The van der Waals surface area contributed by atoms with Gasteiger partial charge in [-0.3, -0.25) is 0 Å². The zero-order valence-corrected chi connectivity index (χ0v) is 16.5. The standard InChI is InChI=1S/C12H18.C11H16/c1-8(2)12-10(4)6-9(3)7-11(12)5;1-8(2)11-6-9(3)5-10(4)7-11/h6-8H,1-5H3;5-8H,1-4H3. The summed E-state index contributed by atoms with van der Waals surface area (Å²) in [5.41, 5.74) is 9.94. The molecule has 0 N–H and O–H groups in total. The monoisotopic (exact) mass is 310 g/mol. The molecule has 0 heteroatoms. The molecule has 0 aliphatic heterocycles. The van der Waals surface area contributed by atoms with Crippen LogP contribution in [0, 0.1) is 34.6 Å². The molecule has 2 aromatic carbocycles. The molecular weight excluding hydrogens is 276 g/mol. The van der Waals surface area contributed by atoms with Gasteiger partial charge in [0.15, 0.2) is 0 Å². The van der Waals surface area contributed by atoms with Gasteiger partial charge < -0.3 is 0 Å². The number of hydrogen-bond acceptors (Lipinski definition) is 0. The van der Waals surface area contributed by atoms with Crippen molar-refractivity contribution in [2.24, 2.45) is 0 Å². The lowest BCUT2D eigenvalue weighted by Gasteiger charge is -2.14. The highest BCUT2D eigenvalue weighted by Gasteiger charge is 2.06. The van der Waals surface area contributed by atoms with Crippen LogP contribution in [0.5, 0.6) is 0 Å². The normalized spacial score (nSPS) is 10.7. The molecule has 0 spiro atoms. The molecule has 0 saturated carbocycles. The van der Waals surface area contributed by atoms with Crippen LogP contribution in [0.2, 0.25) is 0 Å². The summed E-state index contributed by atoms with van der Waals surface area (Å²) in [5, 5.41) is 0. The Hall–Kier alpha value is -1.56. The minimum atomic E-state index is 0.644. The predicted octanol–water partition coefficient (Wildman–Crippen LogP) is 7.16. The highest BCUT2D eigenvalue weighted by atomic mass is 14.1. The minimum absolute atomic E-state index is 0.644. The smallest absolute Gasteiger partial charge is 0.0214 e. The highest BCUT2D eigenvalue weighted by molar-refractivity contribution is 5.39. The Balaban J connectivity index is 0.000000231. The first kappa shape index (κ1) is 19.5. The van der Waals surface area contributed by atoms with Crippen molar-refractivity contribution in [1.82, 2.24) is 0 Å². The summed E-state index contributed by atoms with van der Waals surface area (Å²) in [7, 11) is 0. The lowest BCUT2D eigenvalue weighted by Crippen LogP contribution is -1.96. The summed E-state index contributed by atoms with van der Waals surface area (Å²) >= 11 is 0. The summed E-state index contributed by atoms with van der Waals surface area (Å²) in [6, 6.07) is 11.3. The molecule has 23 heavy (non-hydrogen) atoms. The number of aryl methyl sites for hydroxylation is 5. The van der Waals surface area contributed by atoms with Gasteiger partial charge in [0.05, 0.1) is 0 Å². The largest absolute Gasteiger partial charge is 0.0587 e. The van der Waals surface area contributed by atoms with Gasteiger partial charge in [-0.1, -0.05) is 74.7 Å². The molecule has 0 nitrogen and oxygen atoms in total. The fourth-order valence-electron chi connectivity index (χ4n) is 3.45. The van der Waals surface area contributed by atoms with Gasteiger partial charge in [0.1, 0.15) is 0 Å². The fourth-order valence-corrected chi connectivity index (χ4v) is 3.45. The van der Waals surface area contributed by atoms with Gasteiger partial charge in [0, 0.05) is 0 Å². The van der Waals surface area contributed by atoms with Gasteiger partial charge in [-0.2, -0.15) is 0 Å². The number of benzene rings is 2. The third-order valence-electron chi connectivity index (χ3n) is 4.23. The average molecular weight is 311 g/mol. The molecule has 126 valence electrons. The second kappa shape index (κ2) is 8.34. The van der Waals surface area contributed by atoms with E-state index in [4.69, 9.17) is 0 Å². The van der Waals surface area contributed by atoms with E-state index in [1.807, 2.05) is 0 Å². The summed E-state index contributed by atoms with van der Waals surface area (Å²) in [4.78, 5) is 0. The number of hydrogen-bond donors (Lipinski definition) is 0. The van der Waals surface area contributed by atoms with Crippen molar-refractivity contribution in [2.75, 3.05) is 0 Å². The maximum absolute atomic E-state index is 2.27. The van der Waals surface area contributed by atoms with Crippen LogP contribution in [-0.4, -0.2) is 0 Å². The zero-order chi connectivity index (χ0) is 17.7. The molecule has 0 atom stereocenters. The Kier molecular flexibility index (Phi) is 7.06. The predicted molar refractivity (Wildman–Crippen MR) is 105 cm³/mol. The van der Waals surface area contributed by atoms with E-state index in [2.05, 4.69) is 92.6 Å². The van der Waals surface area contributed by atoms with Crippen LogP contribution in [-0.2, 0) is 0 Å². The quantitative estimate of drug-likeness (QED) is 0.552. The van der Waals surface area contributed by atoms with Crippen molar-refractivity contribution in [2.45, 2.75) is 74.1 Å². The fraction of sp³-hybridized carbons (Fsp3) is 0.478. The Bertz CT molecular complexity index is 602. The van der Waals surface area contributed by atoms with Crippen molar-refractivity contribution in [1.29, 1.82) is 0 Å². The van der Waals surface area contributed by atoms with E-state index >= 15 is 0 Å². The first-order valence-electron chi connectivity index (χ1n) is 8.77. The van der Waals surface area contributed by atoms with Gasteiger partial charge >= 0.3 is 0 Å². The second-order valence-corrected chi connectivity index (χ2v) is 7.54. The molecule has 0 heterocycles. The molecular formula is C23H34. The third kappa shape index (κ3) is 5.86. The van der Waals surface area contributed by atoms with Gasteiger partial charge in [-0.15, -0.1) is 0 Å². The second-order valence-electron chi connectivity index (χ2n) is 7.54. The van der Waals surface area contributed by atoms with Gasteiger partial charge in [0.2, 0.25) is 0 Å². The summed E-state index contributed by atoms with van der Waals surface area (Å²) in [6.45, 7) is 19.8. The molecule has 2 rings (SSSR count). The van der Waals surface area contributed by atoms with Crippen LogP contribution < -0.4 is 0 Å². The van der Waals surface area contributed by atoms with Crippen LogP contribution in [0.3, 0.4) is 0 Å². The molecule has 0 aromatic heterocycles. The molecule has 0 aliphatic carbocycles. The average Bonchev–Trinajstić information content (AvgIpc) is 2.36. The van der Waals surface area contributed by atoms with Crippen molar-refractivity contribution in [3.8, 4) is 0 Å². The Morgan fingerprint density at radius 1 is 0.522 bits per heavy atom. The molecule has 0 saturated heterocycles. The topological polar surface area (TPSA) is 0 Å². The first-order chi connectivity index (χ1) is 10.6. The van der Waals surface area contributed by atoms with Crippen LogP contribution >= 0.6 is 0 Å². The highest BCUT2D eigenvalue weighted by Crippen LogP contribution is 2.24. The van der Waals surface area contributed by atoms with Crippen LogP contribution in [0.1, 0.15) is 78.5 Å². The molecule has 0 aliphatic rings. The zero-order valence-electron chi connectivity index (χ0n) is 16.5. The summed E-state index contributed by atoms with van der Waals surface area (Å²) < 4.78 is 0. The molecule has 0 bridgehead atoms. The molecule has 0 unspecified atom stereocenters. The van der Waals surface area contributed by atoms with Gasteiger partial charge in [-0.05, 0) is 68.7 Å². The van der Waals surface area contributed by atoms with Gasteiger partial charge in [-0.25, -0.2) is 0 Å². The van der Waals surface area contributed by atoms with E-state index < -0.39 is 0 Å². The lowest BCUT2D eigenvalue weighted by molar-refractivity contribution is 0.845. The summed E-state index contributed by atoms with van der Waals surface area (Å²) in [6.07, 6.45) is 0. The number of rotatable bonds is 2. The maximum atomic E-state index is 2.27. The molecule has 2 aromatic rings. The Morgan fingerprint density at radius 2 is 0.913 bits per heavy atom. The van der Waals surface area contributed by atoms with Crippen molar-refractivity contribution < 1.29 is 0 Å². The first-order valence-corrected chi connectivity index (χ1v) is 8.77. The van der Waals surface area contributed by atoms with E-state index in [1.165, 1.54) is 38.9 Å².